The lowest BCUT2D eigenvalue weighted by Crippen LogP contribution is -2.06. The van der Waals surface area contributed by atoms with Crippen LogP contribution in [0.5, 0.6) is 5.75 Å². The Kier molecular flexibility index (Phi) is 5.09. The van der Waals surface area contributed by atoms with Crippen LogP contribution in [0.1, 0.15) is 21.6 Å². The Morgan fingerprint density at radius 1 is 1.20 bits per heavy atom. The second-order valence-corrected chi connectivity index (χ2v) is 6.31. The predicted octanol–water partition coefficient (Wildman–Crippen LogP) is 4.62. The van der Waals surface area contributed by atoms with Crippen LogP contribution in [-0.4, -0.2) is 18.1 Å². The molecule has 1 heterocycles. The molecule has 0 fully saturated rings. The first-order valence-electron chi connectivity index (χ1n) is 7.59. The number of carbonyl (C=O) groups excluding carboxylic acids is 1. The quantitative estimate of drug-likeness (QED) is 0.625. The molecule has 0 saturated heterocycles. The molecule has 0 aliphatic heterocycles. The van der Waals surface area contributed by atoms with Crippen LogP contribution in [0.25, 0.3) is 10.6 Å². The predicted molar refractivity (Wildman–Crippen MR) is 94.4 cm³/mol. The fourth-order valence-corrected chi connectivity index (χ4v) is 3.01. The number of aryl methyl sites for hydroxylation is 1. The summed E-state index contributed by atoms with van der Waals surface area (Å²) in [7, 11) is 1.39. The third-order valence-electron chi connectivity index (χ3n) is 3.60. The standard InChI is InChI=1S/C19H16FNO3S/c1-12-3-6-14(7-4-12)18-21-16(11-25-18)19(22)24-10-13-5-8-17(23-2)15(20)9-13/h3-9,11H,10H2,1-2H3. The smallest absolute Gasteiger partial charge is 0.358 e. The number of carbonyl (C=O) groups is 1. The monoisotopic (exact) mass is 357 g/mol. The van der Waals surface area contributed by atoms with E-state index in [-0.39, 0.29) is 18.1 Å². The van der Waals surface area contributed by atoms with Gasteiger partial charge in [0.25, 0.3) is 0 Å². The number of benzene rings is 2. The minimum absolute atomic E-state index is 0.0306. The summed E-state index contributed by atoms with van der Waals surface area (Å²) in [6.07, 6.45) is 0. The molecule has 4 nitrogen and oxygen atoms in total. The van der Waals surface area contributed by atoms with Crippen molar-refractivity contribution in [2.45, 2.75) is 13.5 Å². The Balaban J connectivity index is 1.66. The van der Waals surface area contributed by atoms with E-state index in [2.05, 4.69) is 4.98 Å². The lowest BCUT2D eigenvalue weighted by atomic mass is 10.2. The van der Waals surface area contributed by atoms with Gasteiger partial charge in [-0.2, -0.15) is 0 Å². The maximum absolute atomic E-state index is 13.6. The van der Waals surface area contributed by atoms with Crippen molar-refractivity contribution < 1.29 is 18.7 Å². The third kappa shape index (κ3) is 4.03. The van der Waals surface area contributed by atoms with Crippen molar-refractivity contribution in [3.8, 4) is 16.3 Å². The number of ether oxygens (including phenoxy) is 2. The van der Waals surface area contributed by atoms with Gasteiger partial charge in [-0.1, -0.05) is 35.9 Å². The van der Waals surface area contributed by atoms with E-state index in [1.165, 1.54) is 30.6 Å². The first-order valence-corrected chi connectivity index (χ1v) is 8.47. The first-order chi connectivity index (χ1) is 12.1. The second-order valence-electron chi connectivity index (χ2n) is 5.45. The molecule has 0 radical (unpaired) electrons. The molecule has 0 amide bonds. The second kappa shape index (κ2) is 7.44. The molecule has 0 N–H and O–H groups in total. The highest BCUT2D eigenvalue weighted by molar-refractivity contribution is 7.13. The van der Waals surface area contributed by atoms with Gasteiger partial charge in [-0.05, 0) is 24.6 Å². The summed E-state index contributed by atoms with van der Waals surface area (Å²) in [6.45, 7) is 1.98. The average Bonchev–Trinajstić information content (AvgIpc) is 3.10. The lowest BCUT2D eigenvalue weighted by Gasteiger charge is -2.06. The molecular formula is C19H16FNO3S. The number of aromatic nitrogens is 1. The summed E-state index contributed by atoms with van der Waals surface area (Å²) in [5.41, 5.74) is 2.90. The van der Waals surface area contributed by atoms with Gasteiger partial charge in [0.2, 0.25) is 0 Å². The molecule has 0 saturated carbocycles. The molecule has 25 heavy (non-hydrogen) atoms. The Bertz CT molecular complexity index is 890. The fraction of sp³-hybridized carbons (Fsp3) is 0.158. The zero-order chi connectivity index (χ0) is 17.8. The topological polar surface area (TPSA) is 48.4 Å². The summed E-state index contributed by atoms with van der Waals surface area (Å²) in [5.74, 6) is -0.880. The van der Waals surface area contributed by atoms with Crippen LogP contribution < -0.4 is 4.74 Å². The van der Waals surface area contributed by atoms with Gasteiger partial charge >= 0.3 is 5.97 Å². The molecule has 128 valence electrons. The zero-order valence-corrected chi connectivity index (χ0v) is 14.6. The van der Waals surface area contributed by atoms with Gasteiger partial charge in [0.1, 0.15) is 11.6 Å². The van der Waals surface area contributed by atoms with Crippen LogP contribution in [0.2, 0.25) is 0 Å². The van der Waals surface area contributed by atoms with Crippen molar-refractivity contribution in [2.75, 3.05) is 7.11 Å². The minimum atomic E-state index is -0.536. The molecule has 0 aliphatic carbocycles. The molecule has 0 spiro atoms. The lowest BCUT2D eigenvalue weighted by molar-refractivity contribution is 0.0466. The van der Waals surface area contributed by atoms with Crippen LogP contribution in [-0.2, 0) is 11.3 Å². The van der Waals surface area contributed by atoms with E-state index in [1.54, 1.807) is 11.4 Å². The number of rotatable bonds is 5. The van der Waals surface area contributed by atoms with Crippen molar-refractivity contribution in [2.24, 2.45) is 0 Å². The molecular weight excluding hydrogens is 341 g/mol. The molecule has 6 heteroatoms. The summed E-state index contributed by atoms with van der Waals surface area (Å²) >= 11 is 1.38. The molecule has 1 aromatic heterocycles. The summed E-state index contributed by atoms with van der Waals surface area (Å²) in [4.78, 5) is 16.4. The van der Waals surface area contributed by atoms with Crippen LogP contribution in [0.4, 0.5) is 4.39 Å². The van der Waals surface area contributed by atoms with E-state index in [1.807, 2.05) is 31.2 Å². The van der Waals surface area contributed by atoms with Gasteiger partial charge in [-0.3, -0.25) is 0 Å². The number of hydrogen-bond acceptors (Lipinski definition) is 5. The number of hydrogen-bond donors (Lipinski definition) is 0. The van der Waals surface area contributed by atoms with Crippen LogP contribution in [0.3, 0.4) is 0 Å². The van der Waals surface area contributed by atoms with Gasteiger partial charge in [0.05, 0.1) is 7.11 Å². The molecule has 2 aromatic carbocycles. The van der Waals surface area contributed by atoms with E-state index in [9.17, 15) is 9.18 Å². The van der Waals surface area contributed by atoms with Crippen molar-refractivity contribution in [3.63, 3.8) is 0 Å². The Hall–Kier alpha value is -2.73. The number of thiazole rings is 1. The van der Waals surface area contributed by atoms with Crippen molar-refractivity contribution in [1.29, 1.82) is 0 Å². The summed E-state index contributed by atoms with van der Waals surface area (Å²) < 4.78 is 23.7. The van der Waals surface area contributed by atoms with Crippen LogP contribution in [0, 0.1) is 12.7 Å². The Morgan fingerprint density at radius 2 is 1.96 bits per heavy atom. The highest BCUT2D eigenvalue weighted by Gasteiger charge is 2.14. The van der Waals surface area contributed by atoms with Crippen molar-refractivity contribution in [3.05, 3.63) is 70.5 Å². The minimum Gasteiger partial charge on any atom is -0.494 e. The SMILES string of the molecule is COc1ccc(COC(=O)c2csc(-c3ccc(C)cc3)n2)cc1F. The van der Waals surface area contributed by atoms with E-state index in [4.69, 9.17) is 9.47 Å². The van der Waals surface area contributed by atoms with Gasteiger partial charge < -0.3 is 9.47 Å². The first kappa shape index (κ1) is 17.1. The highest BCUT2D eigenvalue weighted by atomic mass is 32.1. The van der Waals surface area contributed by atoms with E-state index >= 15 is 0 Å². The van der Waals surface area contributed by atoms with Gasteiger partial charge in [0.15, 0.2) is 17.3 Å². The summed E-state index contributed by atoms with van der Waals surface area (Å²) in [5, 5.41) is 2.41. The maximum atomic E-state index is 13.6. The van der Waals surface area contributed by atoms with Crippen LogP contribution >= 0.6 is 11.3 Å². The van der Waals surface area contributed by atoms with Crippen LogP contribution in [0.15, 0.2) is 47.8 Å². The number of esters is 1. The fourth-order valence-electron chi connectivity index (χ4n) is 2.22. The van der Waals surface area contributed by atoms with E-state index in [0.717, 1.165) is 16.1 Å². The molecule has 0 unspecified atom stereocenters. The van der Waals surface area contributed by atoms with E-state index < -0.39 is 11.8 Å². The van der Waals surface area contributed by atoms with Gasteiger partial charge in [-0.15, -0.1) is 11.3 Å². The van der Waals surface area contributed by atoms with Gasteiger partial charge in [0, 0.05) is 10.9 Å². The summed E-state index contributed by atoms with van der Waals surface area (Å²) in [6, 6.07) is 12.3. The molecule has 3 rings (SSSR count). The Labute approximate surface area is 148 Å². The largest absolute Gasteiger partial charge is 0.494 e. The molecule has 0 aliphatic rings. The maximum Gasteiger partial charge on any atom is 0.358 e. The number of nitrogens with zero attached hydrogens (tertiary/aromatic N) is 1. The van der Waals surface area contributed by atoms with Crippen molar-refractivity contribution >= 4 is 17.3 Å². The average molecular weight is 357 g/mol. The molecule has 0 bridgehead atoms. The highest BCUT2D eigenvalue weighted by Crippen LogP contribution is 2.24. The van der Waals surface area contributed by atoms with Gasteiger partial charge in [-0.25, -0.2) is 14.2 Å². The zero-order valence-electron chi connectivity index (χ0n) is 13.8. The normalized spacial score (nSPS) is 10.5. The number of halogens is 1. The third-order valence-corrected chi connectivity index (χ3v) is 4.49. The van der Waals surface area contributed by atoms with E-state index in [0.29, 0.717) is 5.56 Å². The molecule has 0 atom stereocenters. The van der Waals surface area contributed by atoms with Crippen molar-refractivity contribution in [1.82, 2.24) is 4.98 Å². The number of methoxy groups -OCH3 is 1. The molecule has 3 aromatic rings. The Morgan fingerprint density at radius 3 is 2.64 bits per heavy atom.